The molecule has 1 aliphatic heterocycles. The lowest BCUT2D eigenvalue weighted by Gasteiger charge is -2.32. The quantitative estimate of drug-likeness (QED) is 0.115. The normalized spacial score (nSPS) is 13.8. The van der Waals surface area contributed by atoms with Crippen LogP contribution >= 0.6 is 0 Å². The van der Waals surface area contributed by atoms with Gasteiger partial charge in [-0.05, 0) is 109 Å². The summed E-state index contributed by atoms with van der Waals surface area (Å²) in [5.41, 5.74) is 14.2. The van der Waals surface area contributed by atoms with Gasteiger partial charge in [0.2, 0.25) is 0 Å². The van der Waals surface area contributed by atoms with Crippen LogP contribution in [0.1, 0.15) is 105 Å². The maximum absolute atomic E-state index is 14.5. The van der Waals surface area contributed by atoms with Gasteiger partial charge >= 0.3 is 0 Å². The number of fused-ring (bicyclic) bond motifs is 4. The first-order valence-corrected chi connectivity index (χ1v) is 23.0. The zero-order valence-electron chi connectivity index (χ0n) is 39.4. The summed E-state index contributed by atoms with van der Waals surface area (Å²) >= 11 is 0. The summed E-state index contributed by atoms with van der Waals surface area (Å²) in [6, 6.07) is 44.8. The van der Waals surface area contributed by atoms with Crippen molar-refractivity contribution in [3.8, 4) is 34.4 Å². The molecule has 0 fully saturated rings. The van der Waals surface area contributed by atoms with Gasteiger partial charge in [0.1, 0.15) is 18.0 Å². The minimum atomic E-state index is -0.340. The SMILES string of the molecule is Cc1cc(C)cc(-c2cccc(-c3cc(C)cc(C)c3)c2N2/C(=C/C=C3C(=O)c4cc5ccccc5cc4C3=O)N(c3c(C(C)C)cccc3C(C)C)c3nc4cc(C#N)c(C#N)cc4nc32)c1. The minimum absolute atomic E-state index is 0.0559. The zero-order chi connectivity index (χ0) is 47.7. The highest BCUT2D eigenvalue weighted by molar-refractivity contribution is 6.40. The van der Waals surface area contributed by atoms with Crippen LogP contribution in [0.4, 0.5) is 23.0 Å². The van der Waals surface area contributed by atoms with E-state index in [2.05, 4.69) is 150 Å². The number of rotatable bonds is 7. The average molecular weight is 885 g/mol. The Bertz CT molecular complexity index is 3460. The second-order valence-corrected chi connectivity index (χ2v) is 18.7. The Morgan fingerprint density at radius 2 is 0.926 bits per heavy atom. The maximum Gasteiger partial charge on any atom is 0.197 e. The number of para-hydroxylation sites is 2. The van der Waals surface area contributed by atoms with Gasteiger partial charge in [-0.25, -0.2) is 9.97 Å². The second kappa shape index (κ2) is 16.8. The molecule has 68 heavy (non-hydrogen) atoms. The molecule has 0 radical (unpaired) electrons. The molecule has 0 saturated carbocycles. The van der Waals surface area contributed by atoms with Gasteiger partial charge in [-0.1, -0.05) is 147 Å². The fourth-order valence-electron chi connectivity index (χ4n) is 10.1. The minimum Gasteiger partial charge on any atom is -0.288 e. The predicted molar refractivity (Wildman–Crippen MR) is 273 cm³/mol. The number of carbonyl (C=O) groups excluding carboxylic acids is 2. The Kier molecular flexibility index (Phi) is 10.7. The summed E-state index contributed by atoms with van der Waals surface area (Å²) in [5, 5.41) is 22.2. The molecule has 7 aromatic carbocycles. The Labute approximate surface area is 396 Å². The lowest BCUT2D eigenvalue weighted by atomic mass is 9.91. The fourth-order valence-corrected chi connectivity index (χ4v) is 10.1. The Hall–Kier alpha value is -8.46. The standard InChI is InChI=1S/C60H48N6O2/c1-33(2)45-15-11-16-46(34(3)4)55(45)65-54(20-19-49-57(67)50-27-39-13-9-10-14-40(39)28-51(50)58(49)68)66(60-59(65)63-52-29-43(31-61)44(32-62)30-53(52)64-60)56-47(41-23-35(5)21-36(6)24-41)17-12-18-48(56)42-25-37(7)22-38(8)26-42/h9-30,33-34H,1-8H3/b54-20+. The first-order valence-electron chi connectivity index (χ1n) is 23.0. The van der Waals surface area contributed by atoms with Gasteiger partial charge in [0, 0.05) is 22.3 Å². The molecule has 0 atom stereocenters. The predicted octanol–water partition coefficient (Wildman–Crippen LogP) is 14.5. The van der Waals surface area contributed by atoms with Crippen LogP contribution in [0.2, 0.25) is 0 Å². The molecule has 10 rings (SSSR count). The van der Waals surface area contributed by atoms with Gasteiger partial charge in [0.05, 0.1) is 39.1 Å². The molecule has 8 heteroatoms. The molecular formula is C60H48N6O2. The number of benzene rings is 7. The molecule has 0 unspecified atom stereocenters. The fraction of sp³-hybridized carbons (Fsp3) is 0.167. The van der Waals surface area contributed by atoms with Crippen molar-refractivity contribution >= 4 is 56.4 Å². The van der Waals surface area contributed by atoms with Crippen molar-refractivity contribution in [2.24, 2.45) is 0 Å². The van der Waals surface area contributed by atoms with Crippen molar-refractivity contribution in [3.05, 3.63) is 201 Å². The Morgan fingerprint density at radius 1 is 0.500 bits per heavy atom. The number of aryl methyl sites for hydroxylation is 4. The largest absolute Gasteiger partial charge is 0.288 e. The summed E-state index contributed by atoms with van der Waals surface area (Å²) in [7, 11) is 0. The molecule has 330 valence electrons. The Balaban J connectivity index is 1.37. The number of anilines is 4. The summed E-state index contributed by atoms with van der Waals surface area (Å²) in [6.45, 7) is 17.1. The maximum atomic E-state index is 14.5. The second-order valence-electron chi connectivity index (χ2n) is 18.7. The molecule has 0 N–H and O–H groups in total. The molecule has 2 heterocycles. The van der Waals surface area contributed by atoms with Crippen LogP contribution in [0.15, 0.2) is 145 Å². The van der Waals surface area contributed by atoms with Gasteiger partial charge in [0.25, 0.3) is 0 Å². The van der Waals surface area contributed by atoms with E-state index in [9.17, 15) is 20.1 Å². The highest BCUT2D eigenvalue weighted by atomic mass is 16.2. The average Bonchev–Trinajstić information content (AvgIpc) is 3.74. The molecule has 8 nitrogen and oxygen atoms in total. The third-order valence-electron chi connectivity index (χ3n) is 13.0. The lowest BCUT2D eigenvalue weighted by molar-refractivity contribution is 0.0988. The van der Waals surface area contributed by atoms with Crippen molar-refractivity contribution < 1.29 is 9.59 Å². The van der Waals surface area contributed by atoms with Crippen LogP contribution in [0.25, 0.3) is 44.1 Å². The molecular weight excluding hydrogens is 837 g/mol. The van der Waals surface area contributed by atoms with Crippen LogP contribution in [0.3, 0.4) is 0 Å². The van der Waals surface area contributed by atoms with Crippen LogP contribution in [0, 0.1) is 50.4 Å². The van der Waals surface area contributed by atoms with Crippen LogP contribution in [-0.4, -0.2) is 21.5 Å². The summed E-state index contributed by atoms with van der Waals surface area (Å²) in [5.74, 6) is 1.00. The van der Waals surface area contributed by atoms with E-state index >= 15 is 0 Å². The number of carbonyl (C=O) groups is 2. The smallest absolute Gasteiger partial charge is 0.197 e. The summed E-state index contributed by atoms with van der Waals surface area (Å²) in [4.78, 5) is 44.2. The molecule has 1 aliphatic carbocycles. The third kappa shape index (κ3) is 7.23. The lowest BCUT2D eigenvalue weighted by Crippen LogP contribution is -2.25. The zero-order valence-corrected chi connectivity index (χ0v) is 39.4. The topological polar surface area (TPSA) is 114 Å². The van der Waals surface area contributed by atoms with Crippen LogP contribution in [0.5, 0.6) is 0 Å². The number of aromatic nitrogens is 2. The molecule has 1 aromatic heterocycles. The first-order chi connectivity index (χ1) is 32.7. The van der Waals surface area contributed by atoms with Crippen molar-refractivity contribution in [1.29, 1.82) is 10.5 Å². The summed E-state index contributed by atoms with van der Waals surface area (Å²) in [6.07, 6.45) is 3.54. The number of allylic oxidation sites excluding steroid dienone is 3. The van der Waals surface area contributed by atoms with E-state index in [4.69, 9.17) is 9.97 Å². The number of Topliss-reactive ketones (excluding diaryl/α,β-unsaturated/α-hetero) is 2. The van der Waals surface area contributed by atoms with Crippen molar-refractivity contribution in [2.45, 2.75) is 67.2 Å². The van der Waals surface area contributed by atoms with Crippen molar-refractivity contribution in [2.75, 3.05) is 9.80 Å². The van der Waals surface area contributed by atoms with E-state index in [1.54, 1.807) is 18.2 Å². The molecule has 8 aromatic rings. The highest BCUT2D eigenvalue weighted by Gasteiger charge is 2.42. The number of hydrogen-bond acceptors (Lipinski definition) is 8. The molecule has 0 amide bonds. The van der Waals surface area contributed by atoms with Gasteiger partial charge in [-0.15, -0.1) is 0 Å². The van der Waals surface area contributed by atoms with Gasteiger partial charge < -0.3 is 0 Å². The van der Waals surface area contributed by atoms with E-state index in [0.29, 0.717) is 39.6 Å². The monoisotopic (exact) mass is 884 g/mol. The Morgan fingerprint density at radius 3 is 1.35 bits per heavy atom. The third-order valence-corrected chi connectivity index (χ3v) is 13.0. The van der Waals surface area contributed by atoms with Gasteiger partial charge in [-0.2, -0.15) is 10.5 Å². The number of ketones is 2. The van der Waals surface area contributed by atoms with Crippen LogP contribution in [-0.2, 0) is 0 Å². The highest BCUT2D eigenvalue weighted by Crippen LogP contribution is 2.55. The van der Waals surface area contributed by atoms with Crippen molar-refractivity contribution in [1.82, 2.24) is 9.97 Å². The van der Waals surface area contributed by atoms with Crippen molar-refractivity contribution in [3.63, 3.8) is 0 Å². The first kappa shape index (κ1) is 43.4. The van der Waals surface area contributed by atoms with E-state index in [0.717, 1.165) is 77.8 Å². The van der Waals surface area contributed by atoms with E-state index in [1.165, 1.54) is 0 Å². The van der Waals surface area contributed by atoms with E-state index < -0.39 is 0 Å². The summed E-state index contributed by atoms with van der Waals surface area (Å²) < 4.78 is 0. The molecule has 0 saturated heterocycles. The number of hydrogen-bond donors (Lipinski definition) is 0. The molecule has 0 spiro atoms. The van der Waals surface area contributed by atoms with E-state index in [1.807, 2.05) is 42.5 Å². The number of nitrogens with zero attached hydrogens (tertiary/aromatic N) is 6. The van der Waals surface area contributed by atoms with Gasteiger partial charge in [-0.3, -0.25) is 19.4 Å². The molecule has 0 bridgehead atoms. The van der Waals surface area contributed by atoms with Gasteiger partial charge in [0.15, 0.2) is 23.2 Å². The number of nitriles is 2. The van der Waals surface area contributed by atoms with E-state index in [-0.39, 0.29) is 40.1 Å². The molecule has 2 aliphatic rings. The van der Waals surface area contributed by atoms with Crippen LogP contribution < -0.4 is 9.80 Å².